The van der Waals surface area contributed by atoms with Crippen molar-refractivity contribution in [3.8, 4) is 0 Å². The van der Waals surface area contributed by atoms with Crippen LogP contribution in [0.2, 0.25) is 0 Å². The summed E-state index contributed by atoms with van der Waals surface area (Å²) < 4.78 is 0. The zero-order valence-corrected chi connectivity index (χ0v) is 11.8. The lowest BCUT2D eigenvalue weighted by Gasteiger charge is -2.25. The van der Waals surface area contributed by atoms with Gasteiger partial charge < -0.3 is 10.6 Å². The highest BCUT2D eigenvalue weighted by Crippen LogP contribution is 2.17. The molecule has 2 nitrogen and oxygen atoms in total. The monoisotopic (exact) mass is 226 g/mol. The first-order chi connectivity index (χ1) is 7.49. The molecule has 0 fully saturated rings. The van der Waals surface area contributed by atoms with E-state index in [0.29, 0.717) is 18.0 Å². The smallest absolute Gasteiger partial charge is 0.0281 e. The lowest BCUT2D eigenvalue weighted by molar-refractivity contribution is 0.440. The first-order valence-corrected chi connectivity index (χ1v) is 6.58. The highest BCUT2D eigenvalue weighted by molar-refractivity contribution is 5.08. The number of hydrogen-bond acceptors (Lipinski definition) is 2. The maximum atomic E-state index is 4.23. The summed E-state index contributed by atoms with van der Waals surface area (Å²) in [4.78, 5) is 0. The summed E-state index contributed by atoms with van der Waals surface area (Å²) in [5.41, 5.74) is 1.35. The van der Waals surface area contributed by atoms with Gasteiger partial charge in [-0.25, -0.2) is 0 Å². The lowest BCUT2D eigenvalue weighted by atomic mass is 9.93. The van der Waals surface area contributed by atoms with Gasteiger partial charge in [0.1, 0.15) is 0 Å². The van der Waals surface area contributed by atoms with E-state index >= 15 is 0 Å². The summed E-state index contributed by atoms with van der Waals surface area (Å²) in [5, 5.41) is 6.81. The van der Waals surface area contributed by atoms with E-state index in [1.165, 1.54) is 24.8 Å². The predicted molar refractivity (Wildman–Crippen MR) is 73.8 cm³/mol. The van der Waals surface area contributed by atoms with E-state index in [1.54, 1.807) is 0 Å². The lowest BCUT2D eigenvalue weighted by Crippen LogP contribution is -2.37. The number of rotatable bonds is 9. The summed E-state index contributed by atoms with van der Waals surface area (Å²) in [5.74, 6) is 0.570. The Bertz CT molecular complexity index is 185. The van der Waals surface area contributed by atoms with Crippen LogP contribution in [-0.2, 0) is 0 Å². The SMILES string of the molecule is C=C(C(C)C)C(CCCCNC)NC(C)C. The molecule has 0 saturated heterocycles. The van der Waals surface area contributed by atoms with Crippen molar-refractivity contribution in [2.45, 2.75) is 59.0 Å². The van der Waals surface area contributed by atoms with E-state index < -0.39 is 0 Å². The van der Waals surface area contributed by atoms with Crippen molar-refractivity contribution >= 4 is 0 Å². The van der Waals surface area contributed by atoms with E-state index in [0.717, 1.165) is 6.54 Å². The predicted octanol–water partition coefficient (Wildman–Crippen LogP) is 2.95. The van der Waals surface area contributed by atoms with Crippen LogP contribution in [0, 0.1) is 5.92 Å². The van der Waals surface area contributed by atoms with Crippen LogP contribution in [0.4, 0.5) is 0 Å². The van der Waals surface area contributed by atoms with Crippen LogP contribution in [-0.4, -0.2) is 25.7 Å². The second-order valence-electron chi connectivity index (χ2n) is 5.20. The van der Waals surface area contributed by atoms with Crippen molar-refractivity contribution < 1.29 is 0 Å². The van der Waals surface area contributed by atoms with Gasteiger partial charge in [-0.3, -0.25) is 0 Å². The molecule has 0 spiro atoms. The first kappa shape index (κ1) is 15.7. The minimum absolute atomic E-state index is 0.483. The minimum atomic E-state index is 0.483. The maximum absolute atomic E-state index is 4.23. The number of nitrogens with one attached hydrogen (secondary N) is 2. The fourth-order valence-corrected chi connectivity index (χ4v) is 1.83. The molecule has 0 saturated carbocycles. The van der Waals surface area contributed by atoms with Gasteiger partial charge >= 0.3 is 0 Å². The average Bonchev–Trinajstić information content (AvgIpc) is 2.20. The molecule has 0 aliphatic rings. The topological polar surface area (TPSA) is 24.1 Å². The highest BCUT2D eigenvalue weighted by atomic mass is 14.9. The molecule has 0 bridgehead atoms. The van der Waals surface area contributed by atoms with Gasteiger partial charge in [-0.2, -0.15) is 0 Å². The van der Waals surface area contributed by atoms with Crippen molar-refractivity contribution in [1.29, 1.82) is 0 Å². The van der Waals surface area contributed by atoms with Gasteiger partial charge in [0.2, 0.25) is 0 Å². The van der Waals surface area contributed by atoms with E-state index in [-0.39, 0.29) is 0 Å². The Morgan fingerprint density at radius 3 is 2.19 bits per heavy atom. The second kappa shape index (κ2) is 8.77. The summed E-state index contributed by atoms with van der Waals surface area (Å²) in [6, 6.07) is 1.02. The van der Waals surface area contributed by atoms with Gasteiger partial charge in [0.25, 0.3) is 0 Å². The third kappa shape index (κ3) is 7.02. The Hall–Kier alpha value is -0.340. The molecule has 0 heterocycles. The molecule has 0 rings (SSSR count). The highest BCUT2D eigenvalue weighted by Gasteiger charge is 2.15. The van der Waals surface area contributed by atoms with E-state index in [1.807, 2.05) is 7.05 Å². The third-order valence-electron chi connectivity index (χ3n) is 2.89. The normalized spacial score (nSPS) is 13.4. The van der Waals surface area contributed by atoms with Crippen LogP contribution >= 0.6 is 0 Å². The molecular formula is C14H30N2. The van der Waals surface area contributed by atoms with Crippen molar-refractivity contribution in [2.75, 3.05) is 13.6 Å². The summed E-state index contributed by atoms with van der Waals surface area (Å²) in [6.07, 6.45) is 3.71. The van der Waals surface area contributed by atoms with Crippen molar-refractivity contribution in [2.24, 2.45) is 5.92 Å². The van der Waals surface area contributed by atoms with E-state index in [9.17, 15) is 0 Å². The van der Waals surface area contributed by atoms with Gasteiger partial charge in [-0.05, 0) is 32.4 Å². The molecule has 0 aliphatic heterocycles. The zero-order chi connectivity index (χ0) is 12.6. The molecule has 1 atom stereocenters. The molecule has 2 heteroatoms. The molecule has 2 N–H and O–H groups in total. The Morgan fingerprint density at radius 1 is 1.12 bits per heavy atom. The summed E-state index contributed by atoms with van der Waals surface area (Å²) >= 11 is 0. The average molecular weight is 226 g/mol. The van der Waals surface area contributed by atoms with Crippen LogP contribution < -0.4 is 10.6 Å². The van der Waals surface area contributed by atoms with Crippen molar-refractivity contribution in [1.82, 2.24) is 10.6 Å². The standard InChI is InChI=1S/C14H30N2/c1-11(2)13(5)14(16-12(3)4)9-7-8-10-15-6/h11-12,14-16H,5,7-10H2,1-4,6H3. The minimum Gasteiger partial charge on any atom is -0.320 e. The Labute approximate surface area is 102 Å². The molecule has 16 heavy (non-hydrogen) atoms. The summed E-state index contributed by atoms with van der Waals surface area (Å²) in [7, 11) is 2.01. The van der Waals surface area contributed by atoms with Gasteiger partial charge in [0.05, 0.1) is 0 Å². The molecular weight excluding hydrogens is 196 g/mol. The van der Waals surface area contributed by atoms with E-state index in [4.69, 9.17) is 0 Å². The molecule has 1 unspecified atom stereocenters. The number of hydrogen-bond donors (Lipinski definition) is 2. The Morgan fingerprint density at radius 2 is 1.75 bits per heavy atom. The molecule has 0 radical (unpaired) electrons. The van der Waals surface area contributed by atoms with Crippen LogP contribution in [0.1, 0.15) is 47.0 Å². The van der Waals surface area contributed by atoms with Crippen LogP contribution in [0.3, 0.4) is 0 Å². The Balaban J connectivity index is 4.05. The molecule has 96 valence electrons. The fourth-order valence-electron chi connectivity index (χ4n) is 1.83. The maximum Gasteiger partial charge on any atom is 0.0281 e. The van der Waals surface area contributed by atoms with Gasteiger partial charge in [-0.15, -0.1) is 0 Å². The second-order valence-corrected chi connectivity index (χ2v) is 5.20. The summed E-state index contributed by atoms with van der Waals surface area (Å²) in [6.45, 7) is 14.2. The molecule has 0 amide bonds. The third-order valence-corrected chi connectivity index (χ3v) is 2.89. The van der Waals surface area contributed by atoms with Crippen LogP contribution in [0.15, 0.2) is 12.2 Å². The fraction of sp³-hybridized carbons (Fsp3) is 0.857. The number of unbranched alkanes of at least 4 members (excludes halogenated alkanes) is 1. The van der Waals surface area contributed by atoms with Crippen LogP contribution in [0.25, 0.3) is 0 Å². The molecule has 0 aliphatic carbocycles. The largest absolute Gasteiger partial charge is 0.320 e. The van der Waals surface area contributed by atoms with E-state index in [2.05, 4.69) is 44.9 Å². The molecule has 0 aromatic carbocycles. The Kier molecular flexibility index (Phi) is 8.58. The van der Waals surface area contributed by atoms with Gasteiger partial charge in [-0.1, -0.05) is 46.3 Å². The van der Waals surface area contributed by atoms with Crippen molar-refractivity contribution in [3.63, 3.8) is 0 Å². The van der Waals surface area contributed by atoms with Crippen LogP contribution in [0.5, 0.6) is 0 Å². The zero-order valence-electron chi connectivity index (χ0n) is 11.8. The van der Waals surface area contributed by atoms with Gasteiger partial charge in [0.15, 0.2) is 0 Å². The van der Waals surface area contributed by atoms with Crippen molar-refractivity contribution in [3.05, 3.63) is 12.2 Å². The quantitative estimate of drug-likeness (QED) is 0.466. The molecule has 0 aromatic heterocycles. The van der Waals surface area contributed by atoms with Gasteiger partial charge in [0, 0.05) is 12.1 Å². The molecule has 0 aromatic rings. The first-order valence-electron chi connectivity index (χ1n) is 6.58.